The number of aliphatic hydroxyl groups is 1. The number of quaternary nitrogens is 1. The molecule has 2 fully saturated rings. The summed E-state index contributed by atoms with van der Waals surface area (Å²) >= 11 is 0. The van der Waals surface area contributed by atoms with Gasteiger partial charge in [-0.1, -0.05) is 67.1 Å². The largest absolute Gasteiger partial charge is 0.392 e. The number of likely N-dealkylation sites (tertiary alicyclic amines) is 1. The average Bonchev–Trinajstić information content (AvgIpc) is 2.59. The van der Waals surface area contributed by atoms with Gasteiger partial charge in [-0.25, -0.2) is 0 Å². The number of nitrogens with one attached hydrogen (secondary N) is 1. The van der Waals surface area contributed by atoms with E-state index in [2.05, 4.69) is 67.7 Å². The maximum Gasteiger partial charge on any atom is 0.119 e. The van der Waals surface area contributed by atoms with Crippen LogP contribution < -0.4 is 4.90 Å². The van der Waals surface area contributed by atoms with Crippen molar-refractivity contribution < 1.29 is 10.0 Å². The van der Waals surface area contributed by atoms with Crippen molar-refractivity contribution >= 4 is 0 Å². The van der Waals surface area contributed by atoms with Crippen LogP contribution in [0.2, 0.25) is 0 Å². The van der Waals surface area contributed by atoms with Crippen LogP contribution in [0.15, 0.2) is 60.7 Å². The molecule has 1 heterocycles. The molecule has 0 radical (unpaired) electrons. The van der Waals surface area contributed by atoms with E-state index in [1.165, 1.54) is 17.5 Å². The highest BCUT2D eigenvalue weighted by Gasteiger charge is 2.52. The molecule has 1 saturated carbocycles. The van der Waals surface area contributed by atoms with Crippen LogP contribution in [0.25, 0.3) is 0 Å². The summed E-state index contributed by atoms with van der Waals surface area (Å²) in [6.07, 6.45) is 3.36. The van der Waals surface area contributed by atoms with Crippen molar-refractivity contribution in [3.8, 4) is 0 Å². The minimum Gasteiger partial charge on any atom is -0.392 e. The molecule has 1 aliphatic heterocycles. The van der Waals surface area contributed by atoms with Crippen molar-refractivity contribution in [2.24, 2.45) is 11.8 Å². The monoisotopic (exact) mass is 308 g/mol. The molecule has 0 spiro atoms. The summed E-state index contributed by atoms with van der Waals surface area (Å²) in [4.78, 5) is 1.54. The minimum atomic E-state index is -0.178. The predicted octanol–water partition coefficient (Wildman–Crippen LogP) is 2.77. The maximum absolute atomic E-state index is 11.1. The Labute approximate surface area is 138 Å². The zero-order valence-corrected chi connectivity index (χ0v) is 13.7. The standard InChI is InChI=1S/C21H25NO/c1-22-19(15-9-4-2-5-10-15)17-13-8-14-18(21(17)23)20(22)16-11-6-3-7-12-16/h2-7,9-12,17-21,23H,8,13-14H2,1H3/p+1/t17-,18-,19-,20-/m1/s1. The molecular weight excluding hydrogens is 282 g/mol. The van der Waals surface area contributed by atoms with Gasteiger partial charge in [-0.2, -0.15) is 0 Å². The van der Waals surface area contributed by atoms with Crippen LogP contribution in [-0.4, -0.2) is 18.3 Å². The van der Waals surface area contributed by atoms with Crippen molar-refractivity contribution in [3.05, 3.63) is 71.8 Å². The molecule has 0 amide bonds. The fourth-order valence-corrected chi connectivity index (χ4v) is 5.19. The van der Waals surface area contributed by atoms with Crippen LogP contribution in [0.4, 0.5) is 0 Å². The molecule has 1 aliphatic carbocycles. The fourth-order valence-electron chi connectivity index (χ4n) is 5.19. The molecule has 2 aromatic rings. The summed E-state index contributed by atoms with van der Waals surface area (Å²) in [6, 6.07) is 22.4. The first-order chi connectivity index (χ1) is 11.3. The van der Waals surface area contributed by atoms with Gasteiger partial charge in [0.05, 0.1) is 13.2 Å². The number of fused-ring (bicyclic) bond motifs is 2. The maximum atomic E-state index is 11.1. The average molecular weight is 308 g/mol. The normalized spacial score (nSPS) is 36.6. The first-order valence-corrected chi connectivity index (χ1v) is 8.88. The van der Waals surface area contributed by atoms with Gasteiger partial charge in [0.25, 0.3) is 0 Å². The van der Waals surface area contributed by atoms with E-state index in [0.717, 1.165) is 12.8 Å². The highest BCUT2D eigenvalue weighted by atomic mass is 16.3. The van der Waals surface area contributed by atoms with Crippen molar-refractivity contribution in [2.75, 3.05) is 7.05 Å². The van der Waals surface area contributed by atoms with Gasteiger partial charge in [0.15, 0.2) is 0 Å². The van der Waals surface area contributed by atoms with Crippen molar-refractivity contribution in [1.82, 2.24) is 0 Å². The van der Waals surface area contributed by atoms with Gasteiger partial charge >= 0.3 is 0 Å². The molecule has 2 nitrogen and oxygen atoms in total. The minimum absolute atomic E-state index is 0.178. The van der Waals surface area contributed by atoms with Gasteiger partial charge in [-0.05, 0) is 12.8 Å². The highest BCUT2D eigenvalue weighted by molar-refractivity contribution is 5.23. The second-order valence-electron chi connectivity index (χ2n) is 7.27. The number of benzene rings is 2. The number of rotatable bonds is 2. The molecule has 2 bridgehead atoms. The van der Waals surface area contributed by atoms with E-state index in [0.29, 0.717) is 23.9 Å². The molecule has 4 atom stereocenters. The summed E-state index contributed by atoms with van der Waals surface area (Å²) < 4.78 is 0. The number of piperidine rings is 1. The lowest BCUT2D eigenvalue weighted by Crippen LogP contribution is -3.13. The number of hydrogen-bond acceptors (Lipinski definition) is 1. The third kappa shape index (κ3) is 2.50. The van der Waals surface area contributed by atoms with E-state index in [4.69, 9.17) is 0 Å². The smallest absolute Gasteiger partial charge is 0.119 e. The highest BCUT2D eigenvalue weighted by Crippen LogP contribution is 2.44. The Hall–Kier alpha value is -1.64. The van der Waals surface area contributed by atoms with E-state index >= 15 is 0 Å². The Kier molecular flexibility index (Phi) is 3.96. The SMILES string of the molecule is C[NH+]1[C@H](c2ccccc2)[C@H]2CCC[C@@H](C2O)[C@H]1c1ccccc1. The zero-order chi connectivity index (χ0) is 15.8. The Bertz CT molecular complexity index is 586. The Morgan fingerprint density at radius 1 is 0.783 bits per heavy atom. The molecular formula is C21H26NO+. The molecule has 23 heavy (non-hydrogen) atoms. The molecule has 2 heteroatoms. The van der Waals surface area contributed by atoms with Crippen LogP contribution in [-0.2, 0) is 0 Å². The van der Waals surface area contributed by atoms with E-state index in [1.54, 1.807) is 4.90 Å². The van der Waals surface area contributed by atoms with E-state index < -0.39 is 0 Å². The molecule has 0 unspecified atom stereocenters. The second-order valence-corrected chi connectivity index (χ2v) is 7.27. The van der Waals surface area contributed by atoms with Crippen molar-refractivity contribution in [1.29, 1.82) is 0 Å². The zero-order valence-electron chi connectivity index (χ0n) is 13.7. The molecule has 2 aromatic carbocycles. The third-order valence-electron chi connectivity index (χ3n) is 6.11. The summed E-state index contributed by atoms with van der Waals surface area (Å²) in [5.41, 5.74) is 2.74. The molecule has 4 rings (SSSR count). The van der Waals surface area contributed by atoms with Crippen LogP contribution in [0, 0.1) is 11.8 Å². The Morgan fingerprint density at radius 2 is 1.22 bits per heavy atom. The Balaban J connectivity index is 1.78. The van der Waals surface area contributed by atoms with Gasteiger partial charge in [0, 0.05) is 23.0 Å². The van der Waals surface area contributed by atoms with Crippen molar-refractivity contribution in [2.45, 2.75) is 37.5 Å². The Morgan fingerprint density at radius 3 is 1.65 bits per heavy atom. The van der Waals surface area contributed by atoms with E-state index in [1.807, 2.05) is 0 Å². The van der Waals surface area contributed by atoms with Gasteiger partial charge in [-0.15, -0.1) is 0 Å². The van der Waals surface area contributed by atoms with Gasteiger partial charge < -0.3 is 10.0 Å². The summed E-state index contributed by atoms with van der Waals surface area (Å²) in [6.45, 7) is 0. The molecule has 0 aromatic heterocycles. The van der Waals surface area contributed by atoms with Gasteiger partial charge in [0.2, 0.25) is 0 Å². The number of aliphatic hydroxyl groups excluding tert-OH is 1. The van der Waals surface area contributed by atoms with E-state index in [9.17, 15) is 5.11 Å². The topological polar surface area (TPSA) is 24.7 Å². The predicted molar refractivity (Wildman–Crippen MR) is 92.1 cm³/mol. The molecule has 120 valence electrons. The van der Waals surface area contributed by atoms with Crippen LogP contribution in [0.3, 0.4) is 0 Å². The van der Waals surface area contributed by atoms with Gasteiger partial charge in [0.1, 0.15) is 12.1 Å². The van der Waals surface area contributed by atoms with Crippen LogP contribution >= 0.6 is 0 Å². The number of hydrogen-bond donors (Lipinski definition) is 2. The lowest BCUT2D eigenvalue weighted by Gasteiger charge is -2.51. The summed E-state index contributed by atoms with van der Waals surface area (Å²) in [5, 5.41) is 11.1. The molecule has 2 N–H and O–H groups in total. The quantitative estimate of drug-likeness (QED) is 0.876. The summed E-state index contributed by atoms with van der Waals surface area (Å²) in [7, 11) is 2.33. The van der Waals surface area contributed by atoms with Crippen LogP contribution in [0.1, 0.15) is 42.5 Å². The molecule has 1 saturated heterocycles. The third-order valence-corrected chi connectivity index (χ3v) is 6.11. The summed E-state index contributed by atoms with van der Waals surface area (Å²) in [5.74, 6) is 0.771. The fraction of sp³-hybridized carbons (Fsp3) is 0.429. The molecule has 2 aliphatic rings. The van der Waals surface area contributed by atoms with E-state index in [-0.39, 0.29) is 6.10 Å². The van der Waals surface area contributed by atoms with Crippen LogP contribution in [0.5, 0.6) is 0 Å². The second kappa shape index (κ2) is 6.10. The van der Waals surface area contributed by atoms with Gasteiger partial charge in [-0.3, -0.25) is 0 Å². The lowest BCUT2D eigenvalue weighted by atomic mass is 9.65. The first kappa shape index (κ1) is 14.9. The lowest BCUT2D eigenvalue weighted by molar-refractivity contribution is -0.961. The van der Waals surface area contributed by atoms with Crippen molar-refractivity contribution in [3.63, 3.8) is 0 Å². The first-order valence-electron chi connectivity index (χ1n) is 8.88.